The molecule has 7 nitrogen and oxygen atoms in total. The van der Waals surface area contributed by atoms with Crippen molar-refractivity contribution >= 4 is 5.95 Å². The van der Waals surface area contributed by atoms with E-state index in [-0.39, 0.29) is 19.0 Å². The minimum atomic E-state index is 0.137. The molecule has 2 unspecified atom stereocenters. The van der Waals surface area contributed by atoms with Gasteiger partial charge in [0.25, 0.3) is 0 Å². The number of pyridine rings is 1. The van der Waals surface area contributed by atoms with Crippen molar-refractivity contribution in [3.8, 4) is 33.9 Å². The fourth-order valence-corrected chi connectivity index (χ4v) is 3.86. The molecule has 0 bridgehead atoms. The van der Waals surface area contributed by atoms with E-state index in [1.807, 2.05) is 42.7 Å². The van der Waals surface area contributed by atoms with Crippen molar-refractivity contribution in [2.24, 2.45) is 0 Å². The zero-order valence-corrected chi connectivity index (χ0v) is 16.4. The van der Waals surface area contributed by atoms with Crippen LogP contribution < -0.4 is 14.4 Å². The van der Waals surface area contributed by atoms with Crippen molar-refractivity contribution in [3.63, 3.8) is 0 Å². The Hall–Kier alpha value is -3.19. The highest BCUT2D eigenvalue weighted by atomic mass is 16.7. The Bertz CT molecular complexity index is 1020. The SMILES string of the molecule is CC1CN(c2ncc(-c3ccc4c(c3)OCO4)c(-c3cccnc3)n2)CC(C)O1. The van der Waals surface area contributed by atoms with Gasteiger partial charge in [0.05, 0.1) is 17.9 Å². The number of hydrogen-bond donors (Lipinski definition) is 0. The van der Waals surface area contributed by atoms with Gasteiger partial charge in [-0.1, -0.05) is 6.07 Å². The van der Waals surface area contributed by atoms with Crippen LogP contribution in [0.4, 0.5) is 5.95 Å². The second-order valence-electron chi connectivity index (χ2n) is 7.40. The molecule has 1 aromatic carbocycles. The molecule has 3 aromatic rings. The van der Waals surface area contributed by atoms with Crippen LogP contribution in [0.3, 0.4) is 0 Å². The van der Waals surface area contributed by atoms with Gasteiger partial charge in [-0.2, -0.15) is 0 Å². The first-order chi connectivity index (χ1) is 14.2. The van der Waals surface area contributed by atoms with Crippen LogP contribution in [0.5, 0.6) is 11.5 Å². The molecule has 2 aliphatic heterocycles. The third kappa shape index (κ3) is 3.49. The van der Waals surface area contributed by atoms with E-state index in [4.69, 9.17) is 24.2 Å². The van der Waals surface area contributed by atoms with E-state index in [0.29, 0.717) is 5.95 Å². The maximum Gasteiger partial charge on any atom is 0.231 e. The Kier molecular flexibility index (Phi) is 4.52. The molecular weight excluding hydrogens is 368 g/mol. The minimum Gasteiger partial charge on any atom is -0.454 e. The van der Waals surface area contributed by atoms with Crippen molar-refractivity contribution in [2.45, 2.75) is 26.1 Å². The molecule has 0 saturated carbocycles. The number of morpholine rings is 1. The van der Waals surface area contributed by atoms with Gasteiger partial charge in [0, 0.05) is 42.8 Å². The molecule has 7 heteroatoms. The number of nitrogens with zero attached hydrogens (tertiary/aromatic N) is 4. The number of hydrogen-bond acceptors (Lipinski definition) is 7. The van der Waals surface area contributed by atoms with E-state index in [1.54, 1.807) is 6.20 Å². The Balaban J connectivity index is 1.60. The number of ether oxygens (including phenoxy) is 3. The van der Waals surface area contributed by atoms with Gasteiger partial charge in [-0.05, 0) is 43.7 Å². The first kappa shape index (κ1) is 17.9. The smallest absolute Gasteiger partial charge is 0.231 e. The molecule has 2 atom stereocenters. The Morgan fingerprint density at radius 1 is 0.966 bits per heavy atom. The lowest BCUT2D eigenvalue weighted by Crippen LogP contribution is -2.46. The summed E-state index contributed by atoms with van der Waals surface area (Å²) in [5.74, 6) is 2.19. The van der Waals surface area contributed by atoms with Crippen LogP contribution in [0.25, 0.3) is 22.4 Å². The van der Waals surface area contributed by atoms with Gasteiger partial charge in [-0.15, -0.1) is 0 Å². The Morgan fingerprint density at radius 2 is 1.79 bits per heavy atom. The quantitative estimate of drug-likeness (QED) is 0.677. The van der Waals surface area contributed by atoms with Gasteiger partial charge < -0.3 is 19.1 Å². The molecule has 2 aromatic heterocycles. The van der Waals surface area contributed by atoms with Crippen molar-refractivity contribution in [2.75, 3.05) is 24.8 Å². The molecule has 1 saturated heterocycles. The molecule has 0 amide bonds. The first-order valence-electron chi connectivity index (χ1n) is 9.75. The summed E-state index contributed by atoms with van der Waals surface area (Å²) >= 11 is 0. The molecule has 29 heavy (non-hydrogen) atoms. The molecule has 0 spiro atoms. The number of rotatable bonds is 3. The average Bonchev–Trinajstić information content (AvgIpc) is 3.21. The molecule has 5 rings (SSSR count). The standard InChI is InChI=1S/C22H22N4O3/c1-14-11-26(12-15(2)29-14)22-24-10-18(21(25-22)17-4-3-7-23-9-17)16-5-6-19-20(8-16)28-13-27-19/h3-10,14-15H,11-13H2,1-2H3. The maximum absolute atomic E-state index is 5.86. The summed E-state index contributed by atoms with van der Waals surface area (Å²) in [5, 5.41) is 0. The van der Waals surface area contributed by atoms with Gasteiger partial charge >= 0.3 is 0 Å². The van der Waals surface area contributed by atoms with E-state index < -0.39 is 0 Å². The average molecular weight is 390 g/mol. The van der Waals surface area contributed by atoms with Crippen molar-refractivity contribution in [1.29, 1.82) is 0 Å². The topological polar surface area (TPSA) is 69.6 Å². The predicted molar refractivity (Wildman–Crippen MR) is 109 cm³/mol. The predicted octanol–water partition coefficient (Wildman–Crippen LogP) is 3.55. The highest BCUT2D eigenvalue weighted by Crippen LogP contribution is 2.38. The van der Waals surface area contributed by atoms with Gasteiger partial charge in [-0.3, -0.25) is 4.98 Å². The summed E-state index contributed by atoms with van der Waals surface area (Å²) in [6, 6.07) is 9.83. The molecule has 4 heterocycles. The summed E-state index contributed by atoms with van der Waals surface area (Å²) in [6.07, 6.45) is 5.74. The minimum absolute atomic E-state index is 0.137. The van der Waals surface area contributed by atoms with E-state index in [1.165, 1.54) is 0 Å². The van der Waals surface area contributed by atoms with Crippen LogP contribution in [0.2, 0.25) is 0 Å². The molecule has 1 fully saturated rings. The lowest BCUT2D eigenvalue weighted by Gasteiger charge is -2.35. The van der Waals surface area contributed by atoms with Crippen LogP contribution in [-0.2, 0) is 4.74 Å². The Morgan fingerprint density at radius 3 is 2.59 bits per heavy atom. The summed E-state index contributed by atoms with van der Waals surface area (Å²) in [4.78, 5) is 16.1. The van der Waals surface area contributed by atoms with Crippen molar-refractivity contribution in [3.05, 3.63) is 48.9 Å². The molecular formula is C22H22N4O3. The van der Waals surface area contributed by atoms with Crippen LogP contribution in [0.1, 0.15) is 13.8 Å². The van der Waals surface area contributed by atoms with Gasteiger partial charge in [0.15, 0.2) is 11.5 Å². The van der Waals surface area contributed by atoms with Crippen LogP contribution in [0, 0.1) is 0 Å². The van der Waals surface area contributed by atoms with Crippen LogP contribution >= 0.6 is 0 Å². The Labute approximate surface area is 169 Å². The van der Waals surface area contributed by atoms with Crippen LogP contribution in [-0.4, -0.2) is 47.0 Å². The number of anilines is 1. The van der Waals surface area contributed by atoms with Crippen LogP contribution in [0.15, 0.2) is 48.9 Å². The third-order valence-electron chi connectivity index (χ3n) is 5.10. The summed E-state index contributed by atoms with van der Waals surface area (Å²) < 4.78 is 16.8. The maximum atomic E-state index is 5.86. The van der Waals surface area contributed by atoms with Gasteiger partial charge in [0.1, 0.15) is 0 Å². The third-order valence-corrected chi connectivity index (χ3v) is 5.10. The van der Waals surface area contributed by atoms with Gasteiger partial charge in [0.2, 0.25) is 12.7 Å². The van der Waals surface area contributed by atoms with Gasteiger partial charge in [-0.25, -0.2) is 9.97 Å². The second kappa shape index (κ2) is 7.33. The normalized spacial score (nSPS) is 20.7. The fourth-order valence-electron chi connectivity index (χ4n) is 3.86. The molecule has 0 N–H and O–H groups in total. The van der Waals surface area contributed by atoms with E-state index in [9.17, 15) is 0 Å². The largest absolute Gasteiger partial charge is 0.454 e. The van der Waals surface area contributed by atoms with Crippen molar-refractivity contribution in [1.82, 2.24) is 15.0 Å². The highest BCUT2D eigenvalue weighted by Gasteiger charge is 2.25. The van der Waals surface area contributed by atoms with Crippen molar-refractivity contribution < 1.29 is 14.2 Å². The highest BCUT2D eigenvalue weighted by molar-refractivity contribution is 5.81. The van der Waals surface area contributed by atoms with E-state index in [0.717, 1.165) is 47.0 Å². The van der Waals surface area contributed by atoms with E-state index in [2.05, 4.69) is 23.7 Å². The molecule has 2 aliphatic rings. The second-order valence-corrected chi connectivity index (χ2v) is 7.40. The number of fused-ring (bicyclic) bond motifs is 1. The van der Waals surface area contributed by atoms with E-state index >= 15 is 0 Å². The summed E-state index contributed by atoms with van der Waals surface area (Å²) in [7, 11) is 0. The fraction of sp³-hybridized carbons (Fsp3) is 0.318. The monoisotopic (exact) mass is 390 g/mol. The first-order valence-corrected chi connectivity index (χ1v) is 9.75. The lowest BCUT2D eigenvalue weighted by molar-refractivity contribution is -0.00571. The number of benzene rings is 1. The lowest BCUT2D eigenvalue weighted by atomic mass is 10.0. The zero-order valence-electron chi connectivity index (χ0n) is 16.4. The zero-order chi connectivity index (χ0) is 19.8. The molecule has 0 aliphatic carbocycles. The molecule has 148 valence electrons. The summed E-state index contributed by atoms with van der Waals surface area (Å²) in [5.41, 5.74) is 3.68. The molecule has 0 radical (unpaired) electrons. The summed E-state index contributed by atoms with van der Waals surface area (Å²) in [6.45, 7) is 5.93. The number of aromatic nitrogens is 3.